The summed E-state index contributed by atoms with van der Waals surface area (Å²) in [4.78, 5) is 53.5. The molecule has 0 saturated heterocycles. The molecule has 7 aromatic rings. The lowest BCUT2D eigenvalue weighted by molar-refractivity contribution is -0.149. The Bertz CT molecular complexity index is 3790. The summed E-state index contributed by atoms with van der Waals surface area (Å²) in [5.41, 5.74) is -3.35. The van der Waals surface area contributed by atoms with Crippen molar-refractivity contribution in [2.24, 2.45) is 22.4 Å². The Morgan fingerprint density at radius 2 is 1.42 bits per heavy atom. The van der Waals surface area contributed by atoms with Gasteiger partial charge in [0.15, 0.2) is 5.75 Å². The fraction of sp³-hybridized carbons (Fsp3) is 0.304. The summed E-state index contributed by atoms with van der Waals surface area (Å²) in [6.45, 7) is 6.07. The first-order chi connectivity index (χ1) is 42.1. The third-order valence-corrected chi connectivity index (χ3v) is 24.9. The van der Waals surface area contributed by atoms with Crippen molar-refractivity contribution in [3.05, 3.63) is 173 Å². The number of oxime groups is 1. The van der Waals surface area contributed by atoms with Crippen molar-refractivity contribution in [1.82, 2.24) is 24.8 Å². The number of benzene rings is 5. The maximum absolute atomic E-state index is 12.7. The lowest BCUT2D eigenvalue weighted by atomic mass is 10.1. The number of ether oxygens (including phenoxy) is 6. The number of allylic oxidation sites excluding steroid dienone is 1. The minimum atomic E-state index is -2.40. The van der Waals surface area contributed by atoms with E-state index in [0.29, 0.717) is 49.5 Å². The average Bonchev–Trinajstić information content (AvgIpc) is 1.72. The van der Waals surface area contributed by atoms with Crippen molar-refractivity contribution in [3.63, 3.8) is 0 Å². The van der Waals surface area contributed by atoms with E-state index in [-0.39, 0.29) is 69.2 Å². The standard InChI is InChI=1S/C22H19Br2NO3.C18H18ClNO5.C10H12N3O3PS2.C6H11N2O4PS3/c1-22(2)17(12-19(23)24)20(22)21(26)28-18(13-25)14-7-6-10-16(11-14)27-15-8-4-3-5-9-15;1-4-24-20-17(25-18(21)12-8-6-5-7-9-12)15-14(22-2)11-10-13(19)16(15)23-3;1-15-17(18,16-2)19-7-13-10(14)8-5-3-4-6-9(8)11-12-13;1-10-5-7-8(6(9)16-5)4-15-13(14,11-2)12-3/h3-12,17-18,20H,1-2H3;5-11H,4H2,1-3H3;3-6H,7H2,1-2H3;4H2,1-3H3/b;20-17-;;/t17-,18+,20-;;;/m0.../s1. The Kier molecular flexibility index (Phi) is 29.7. The van der Waals surface area contributed by atoms with Gasteiger partial charge in [-0.15, -0.1) is 10.2 Å². The molecule has 1 fully saturated rings. The third kappa shape index (κ3) is 21.0. The van der Waals surface area contributed by atoms with Gasteiger partial charge in [0.05, 0.1) is 46.6 Å². The zero-order valence-electron chi connectivity index (χ0n) is 48.8. The Balaban J connectivity index is 0.000000218. The number of carbonyl (C=O) groups excluding carboxylic acids is 2. The molecule has 2 aromatic heterocycles. The molecule has 8 rings (SSSR count). The van der Waals surface area contributed by atoms with Gasteiger partial charge in [-0.1, -0.05) is 97.4 Å². The van der Waals surface area contributed by atoms with E-state index in [1.807, 2.05) is 56.3 Å². The SMILES string of the molecule is CC1(C)[C@H](C(=O)O[C@H](C#N)c2cccc(Oc3ccccc3)c2)[C@@H]1C=C(Br)Br.CCO/N=C(\OC(=O)c1ccccc1)c1c(OC)ccc(Cl)c1OC.COP(=S)(OC)SCn1nnc2ccccc2c1=O.COc1nn(CSP(=S)(OC)OC)c(=O)s1. The molecule has 470 valence electrons. The predicted molar refractivity (Wildman–Crippen MR) is 357 cm³/mol. The van der Waals surface area contributed by atoms with Gasteiger partial charge < -0.3 is 51.4 Å². The summed E-state index contributed by atoms with van der Waals surface area (Å²) in [7, 11) is 10.3. The molecule has 3 atom stereocenters. The number of esters is 2. The Hall–Kier alpha value is -5.54. The molecule has 0 aliphatic heterocycles. The number of nitrogens with zero attached hydrogens (tertiary/aromatic N) is 7. The fourth-order valence-electron chi connectivity index (χ4n) is 7.54. The van der Waals surface area contributed by atoms with Gasteiger partial charge in [-0.25, -0.2) is 9.48 Å². The second kappa shape index (κ2) is 35.7. The van der Waals surface area contributed by atoms with Crippen molar-refractivity contribution in [2.75, 3.05) is 56.4 Å². The number of carbonyl (C=O) groups is 2. The van der Waals surface area contributed by atoms with Crippen LogP contribution >= 0.6 is 88.9 Å². The minimum absolute atomic E-state index is 0.0563. The van der Waals surface area contributed by atoms with E-state index in [1.165, 1.54) is 81.9 Å². The van der Waals surface area contributed by atoms with Crippen LogP contribution in [0.25, 0.3) is 10.9 Å². The average molecular weight is 1490 g/mol. The van der Waals surface area contributed by atoms with Gasteiger partial charge in [-0.3, -0.25) is 14.4 Å². The smallest absolute Gasteiger partial charge is 0.344 e. The first-order valence-electron chi connectivity index (χ1n) is 25.6. The van der Waals surface area contributed by atoms with Gasteiger partial charge in [0.2, 0.25) is 17.5 Å². The van der Waals surface area contributed by atoms with Gasteiger partial charge in [0.1, 0.15) is 52.8 Å². The summed E-state index contributed by atoms with van der Waals surface area (Å²) in [5.74, 6) is 1.16. The number of nitriles is 1. The van der Waals surface area contributed by atoms with E-state index in [4.69, 9.17) is 86.6 Å². The number of rotatable bonds is 23. The van der Waals surface area contributed by atoms with E-state index < -0.39 is 23.5 Å². The van der Waals surface area contributed by atoms with Crippen LogP contribution in [0, 0.1) is 28.6 Å². The Morgan fingerprint density at radius 3 is 1.99 bits per heavy atom. The normalized spacial score (nSPS) is 14.3. The summed E-state index contributed by atoms with van der Waals surface area (Å²) >= 11 is 26.6. The number of halogens is 3. The number of aromatic nitrogens is 5. The highest BCUT2D eigenvalue weighted by atomic mass is 79.9. The fourth-order valence-corrected chi connectivity index (χ4v) is 14.2. The van der Waals surface area contributed by atoms with Crippen LogP contribution in [0.2, 0.25) is 5.02 Å². The van der Waals surface area contributed by atoms with Gasteiger partial charge in [0.25, 0.3) is 16.7 Å². The Labute approximate surface area is 552 Å². The molecule has 1 aliphatic rings. The van der Waals surface area contributed by atoms with Crippen LogP contribution in [0.3, 0.4) is 0 Å². The van der Waals surface area contributed by atoms with Crippen molar-refractivity contribution in [1.29, 1.82) is 5.26 Å². The molecule has 0 N–H and O–H groups in total. The van der Waals surface area contributed by atoms with Crippen LogP contribution in [0.4, 0.5) is 0 Å². The van der Waals surface area contributed by atoms with E-state index in [0.717, 1.165) is 14.7 Å². The lowest BCUT2D eigenvalue weighted by Crippen LogP contribution is -2.23. The van der Waals surface area contributed by atoms with Gasteiger partial charge >= 0.3 is 16.8 Å². The van der Waals surface area contributed by atoms with E-state index in [9.17, 15) is 24.4 Å². The summed E-state index contributed by atoms with van der Waals surface area (Å²) in [5, 5.41) is 26.4. The largest absolute Gasteiger partial charge is 0.496 e. The first kappa shape index (κ1) is 73.2. The highest BCUT2D eigenvalue weighted by Crippen LogP contribution is 2.62. The monoisotopic (exact) mass is 1490 g/mol. The highest BCUT2D eigenvalue weighted by Gasteiger charge is 2.62. The maximum atomic E-state index is 12.7. The molecule has 0 radical (unpaired) electrons. The van der Waals surface area contributed by atoms with Crippen LogP contribution in [0.15, 0.2) is 146 Å². The maximum Gasteiger partial charge on any atom is 0.344 e. The van der Waals surface area contributed by atoms with Gasteiger partial charge in [0, 0.05) is 34.0 Å². The van der Waals surface area contributed by atoms with E-state index >= 15 is 0 Å². The lowest BCUT2D eigenvalue weighted by Gasteiger charge is -2.16. The van der Waals surface area contributed by atoms with Gasteiger partial charge in [-0.05, 0) is 174 Å². The van der Waals surface area contributed by atoms with Crippen molar-refractivity contribution in [3.8, 4) is 34.3 Å². The summed E-state index contributed by atoms with van der Waals surface area (Å²) in [6.07, 6.45) is 0.960. The van der Waals surface area contributed by atoms with Crippen molar-refractivity contribution >= 4 is 141 Å². The second-order valence-corrected chi connectivity index (χ2v) is 34.9. The van der Waals surface area contributed by atoms with Gasteiger partial charge in [-0.2, -0.15) is 9.94 Å². The first-order valence-corrected chi connectivity index (χ1v) is 36.8. The quantitative estimate of drug-likeness (QED) is 0.0190. The molecule has 32 heteroatoms. The molecular weight excluding hydrogens is 1430 g/mol. The van der Waals surface area contributed by atoms with Crippen LogP contribution in [-0.4, -0.2) is 99.0 Å². The molecule has 0 spiro atoms. The molecule has 88 heavy (non-hydrogen) atoms. The molecule has 0 amide bonds. The number of para-hydroxylation sites is 1. The number of methoxy groups -OCH3 is 3. The van der Waals surface area contributed by atoms with Crippen LogP contribution in [-0.2, 0) is 72.6 Å². The third-order valence-electron chi connectivity index (χ3n) is 12.1. The second-order valence-electron chi connectivity index (χ2n) is 17.8. The topological polar surface area (TPSA) is 254 Å². The molecule has 22 nitrogen and oxygen atoms in total. The molecule has 1 saturated carbocycles. The number of fused-ring (bicyclic) bond motifs is 1. The van der Waals surface area contributed by atoms with E-state index in [1.54, 1.807) is 91.9 Å². The summed E-state index contributed by atoms with van der Waals surface area (Å²) in [6, 6.07) is 37.3. The number of hydrogen-bond acceptors (Lipinski definition) is 25. The Morgan fingerprint density at radius 1 is 0.818 bits per heavy atom. The van der Waals surface area contributed by atoms with Crippen LogP contribution in [0.5, 0.6) is 28.2 Å². The number of hydrogen-bond donors (Lipinski definition) is 0. The molecule has 0 unspecified atom stereocenters. The summed E-state index contributed by atoms with van der Waals surface area (Å²) < 4.78 is 56.1. The zero-order valence-corrected chi connectivity index (χ0v) is 58.6. The van der Waals surface area contributed by atoms with E-state index in [2.05, 4.69) is 58.5 Å². The van der Waals surface area contributed by atoms with Crippen molar-refractivity contribution in [2.45, 2.75) is 38.6 Å². The molecular formula is C56H60Br2ClN7O15P2S5. The molecule has 2 heterocycles. The highest BCUT2D eigenvalue weighted by molar-refractivity contribution is 9.28. The molecule has 5 aromatic carbocycles. The zero-order chi connectivity index (χ0) is 64.6. The van der Waals surface area contributed by atoms with Crippen LogP contribution in [0.1, 0.15) is 48.4 Å². The van der Waals surface area contributed by atoms with Crippen LogP contribution < -0.4 is 29.4 Å². The van der Waals surface area contributed by atoms with Crippen molar-refractivity contribution < 1.29 is 60.9 Å². The molecule has 1 aliphatic carbocycles. The molecule has 0 bridgehead atoms. The minimum Gasteiger partial charge on any atom is -0.496 e. The predicted octanol–water partition coefficient (Wildman–Crippen LogP) is 13.9.